The Balaban J connectivity index is 2.66. The van der Waals surface area contributed by atoms with Gasteiger partial charge in [0.2, 0.25) is 0 Å². The fourth-order valence-electron chi connectivity index (χ4n) is 1.95. The number of hydrogen-bond donors (Lipinski definition) is 1. The van der Waals surface area contributed by atoms with Crippen LogP contribution in [0.15, 0.2) is 22.7 Å². The quantitative estimate of drug-likeness (QED) is 0.855. The smallest absolute Gasteiger partial charge is 0.128 e. The van der Waals surface area contributed by atoms with Gasteiger partial charge < -0.3 is 5.73 Å². The molecular weight excluding hydrogens is 307 g/mol. The van der Waals surface area contributed by atoms with Crippen LogP contribution in [0.2, 0.25) is 0 Å². The average Bonchev–Trinajstić information content (AvgIpc) is 2.37. The molecule has 0 aromatic heterocycles. The molecule has 2 N–H and O–H groups in total. The maximum absolute atomic E-state index is 13.8. The lowest BCUT2D eigenvalue weighted by Gasteiger charge is -2.27. The lowest BCUT2D eigenvalue weighted by atomic mass is 10.0. The number of halogens is 2. The Labute approximate surface area is 124 Å². The molecule has 0 saturated carbocycles. The van der Waals surface area contributed by atoms with E-state index >= 15 is 0 Å². The Bertz CT molecular complexity index is 409. The highest BCUT2D eigenvalue weighted by molar-refractivity contribution is 9.10. The standard InChI is InChI=1S/C15H24BrFN2/c1-10(2)15(18)7-8-19(4)11(3)13-9-12(16)5-6-14(13)17/h5-6,9-11,15H,7-8,18H2,1-4H3. The van der Waals surface area contributed by atoms with E-state index < -0.39 is 0 Å². The van der Waals surface area contributed by atoms with Crippen LogP contribution in [-0.2, 0) is 0 Å². The molecule has 0 spiro atoms. The molecule has 0 aliphatic heterocycles. The van der Waals surface area contributed by atoms with E-state index in [9.17, 15) is 4.39 Å². The van der Waals surface area contributed by atoms with Crippen molar-refractivity contribution in [3.05, 3.63) is 34.1 Å². The van der Waals surface area contributed by atoms with Crippen LogP contribution in [0.5, 0.6) is 0 Å². The van der Waals surface area contributed by atoms with Crippen molar-refractivity contribution in [3.63, 3.8) is 0 Å². The van der Waals surface area contributed by atoms with Gasteiger partial charge >= 0.3 is 0 Å². The molecule has 0 fully saturated rings. The summed E-state index contributed by atoms with van der Waals surface area (Å²) >= 11 is 3.39. The molecule has 19 heavy (non-hydrogen) atoms. The molecule has 0 heterocycles. The van der Waals surface area contributed by atoms with Crippen LogP contribution in [0.1, 0.15) is 38.8 Å². The van der Waals surface area contributed by atoms with E-state index in [1.165, 1.54) is 6.07 Å². The highest BCUT2D eigenvalue weighted by atomic mass is 79.9. The predicted octanol–water partition coefficient (Wildman–Crippen LogP) is 3.95. The van der Waals surface area contributed by atoms with Crippen molar-refractivity contribution in [2.24, 2.45) is 11.7 Å². The van der Waals surface area contributed by atoms with Crippen LogP contribution in [0.25, 0.3) is 0 Å². The van der Waals surface area contributed by atoms with Gasteiger partial charge in [0.15, 0.2) is 0 Å². The monoisotopic (exact) mass is 330 g/mol. The molecule has 0 bridgehead atoms. The van der Waals surface area contributed by atoms with Gasteiger partial charge in [0.1, 0.15) is 5.82 Å². The third kappa shape index (κ3) is 4.86. The average molecular weight is 331 g/mol. The molecule has 2 nitrogen and oxygen atoms in total. The molecular formula is C15H24BrFN2. The van der Waals surface area contributed by atoms with Gasteiger partial charge in [-0.3, -0.25) is 4.90 Å². The first kappa shape index (κ1) is 16.6. The molecule has 0 aliphatic carbocycles. The lowest BCUT2D eigenvalue weighted by Crippen LogP contribution is -2.33. The topological polar surface area (TPSA) is 29.3 Å². The molecule has 0 aliphatic rings. The zero-order valence-corrected chi connectivity index (χ0v) is 13.7. The fourth-order valence-corrected chi connectivity index (χ4v) is 2.33. The Hall–Kier alpha value is -0.450. The summed E-state index contributed by atoms with van der Waals surface area (Å²) in [6.45, 7) is 7.14. The van der Waals surface area contributed by atoms with Crippen LogP contribution in [0.3, 0.4) is 0 Å². The van der Waals surface area contributed by atoms with Gasteiger partial charge in [-0.2, -0.15) is 0 Å². The summed E-state index contributed by atoms with van der Waals surface area (Å²) in [4.78, 5) is 2.15. The maximum Gasteiger partial charge on any atom is 0.128 e. The Morgan fingerprint density at radius 3 is 2.53 bits per heavy atom. The van der Waals surface area contributed by atoms with Crippen LogP contribution in [0.4, 0.5) is 4.39 Å². The van der Waals surface area contributed by atoms with Gasteiger partial charge in [0, 0.05) is 22.1 Å². The summed E-state index contributed by atoms with van der Waals surface area (Å²) in [6.07, 6.45) is 0.925. The molecule has 108 valence electrons. The molecule has 1 aromatic carbocycles. The van der Waals surface area contributed by atoms with Crippen molar-refractivity contribution in [2.45, 2.75) is 39.3 Å². The molecule has 1 aromatic rings. The Kier molecular flexibility index (Phi) is 6.43. The summed E-state index contributed by atoms with van der Waals surface area (Å²) < 4.78 is 14.7. The zero-order valence-electron chi connectivity index (χ0n) is 12.2. The second-order valence-electron chi connectivity index (χ2n) is 5.52. The summed E-state index contributed by atoms with van der Waals surface area (Å²) in [5.41, 5.74) is 6.77. The van der Waals surface area contributed by atoms with Gasteiger partial charge in [0.25, 0.3) is 0 Å². The molecule has 0 radical (unpaired) electrons. The highest BCUT2D eigenvalue weighted by Gasteiger charge is 2.17. The number of nitrogens with two attached hydrogens (primary N) is 1. The largest absolute Gasteiger partial charge is 0.327 e. The number of hydrogen-bond acceptors (Lipinski definition) is 2. The van der Waals surface area contributed by atoms with Gasteiger partial charge in [0.05, 0.1) is 0 Å². The van der Waals surface area contributed by atoms with Gasteiger partial charge in [-0.15, -0.1) is 0 Å². The zero-order chi connectivity index (χ0) is 14.6. The number of rotatable bonds is 6. The number of benzene rings is 1. The van der Waals surface area contributed by atoms with Crippen LogP contribution in [-0.4, -0.2) is 24.5 Å². The van der Waals surface area contributed by atoms with Crippen molar-refractivity contribution in [1.82, 2.24) is 4.90 Å². The van der Waals surface area contributed by atoms with E-state index in [1.54, 1.807) is 6.07 Å². The second-order valence-corrected chi connectivity index (χ2v) is 6.43. The fraction of sp³-hybridized carbons (Fsp3) is 0.600. The van der Waals surface area contributed by atoms with E-state index in [2.05, 4.69) is 34.7 Å². The highest BCUT2D eigenvalue weighted by Crippen LogP contribution is 2.25. The summed E-state index contributed by atoms with van der Waals surface area (Å²) in [5.74, 6) is 0.321. The minimum Gasteiger partial charge on any atom is -0.327 e. The van der Waals surface area contributed by atoms with E-state index in [0.29, 0.717) is 5.92 Å². The van der Waals surface area contributed by atoms with E-state index in [-0.39, 0.29) is 17.9 Å². The Morgan fingerprint density at radius 2 is 1.95 bits per heavy atom. The van der Waals surface area contributed by atoms with Crippen molar-refractivity contribution in [2.75, 3.05) is 13.6 Å². The predicted molar refractivity (Wildman–Crippen MR) is 82.6 cm³/mol. The summed E-state index contributed by atoms with van der Waals surface area (Å²) in [7, 11) is 2.01. The maximum atomic E-state index is 13.8. The second kappa shape index (κ2) is 7.36. The minimum atomic E-state index is -0.157. The third-order valence-corrected chi connectivity index (χ3v) is 4.23. The molecule has 2 unspecified atom stereocenters. The van der Waals surface area contributed by atoms with Gasteiger partial charge in [-0.1, -0.05) is 29.8 Å². The van der Waals surface area contributed by atoms with Gasteiger partial charge in [-0.05, 0) is 51.1 Å². The summed E-state index contributed by atoms with van der Waals surface area (Å²) in [6, 6.07) is 5.31. The van der Waals surface area contributed by atoms with Crippen molar-refractivity contribution in [1.29, 1.82) is 0 Å². The first-order valence-electron chi connectivity index (χ1n) is 6.73. The number of nitrogens with zero attached hydrogens (tertiary/aromatic N) is 1. The molecule has 0 saturated heterocycles. The molecule has 2 atom stereocenters. The van der Waals surface area contributed by atoms with Crippen LogP contribution >= 0.6 is 15.9 Å². The van der Waals surface area contributed by atoms with E-state index in [0.717, 1.165) is 23.0 Å². The van der Waals surface area contributed by atoms with Crippen LogP contribution < -0.4 is 5.73 Å². The third-order valence-electron chi connectivity index (χ3n) is 3.74. The SMILES string of the molecule is CC(C)C(N)CCN(C)C(C)c1cc(Br)ccc1F. The van der Waals surface area contributed by atoms with Crippen molar-refractivity contribution >= 4 is 15.9 Å². The first-order chi connectivity index (χ1) is 8.82. The van der Waals surface area contributed by atoms with E-state index in [1.807, 2.05) is 20.0 Å². The van der Waals surface area contributed by atoms with Crippen LogP contribution in [0, 0.1) is 11.7 Å². The Morgan fingerprint density at radius 1 is 1.32 bits per heavy atom. The minimum absolute atomic E-state index is 0.0388. The van der Waals surface area contributed by atoms with E-state index in [4.69, 9.17) is 5.73 Å². The normalized spacial score (nSPS) is 15.0. The lowest BCUT2D eigenvalue weighted by molar-refractivity contribution is 0.239. The van der Waals surface area contributed by atoms with Gasteiger partial charge in [-0.25, -0.2) is 4.39 Å². The molecule has 1 rings (SSSR count). The first-order valence-corrected chi connectivity index (χ1v) is 7.53. The molecule has 4 heteroatoms. The summed E-state index contributed by atoms with van der Waals surface area (Å²) in [5, 5.41) is 0. The van der Waals surface area contributed by atoms with Crippen molar-refractivity contribution in [3.8, 4) is 0 Å². The molecule has 0 amide bonds. The van der Waals surface area contributed by atoms with Crippen molar-refractivity contribution < 1.29 is 4.39 Å².